The van der Waals surface area contributed by atoms with Gasteiger partial charge in [-0.05, 0) is 47.2 Å². The molecule has 0 unspecified atom stereocenters. The predicted molar refractivity (Wildman–Crippen MR) is 115 cm³/mol. The van der Waals surface area contributed by atoms with Crippen LogP contribution in [0.5, 0.6) is 5.75 Å². The van der Waals surface area contributed by atoms with Crippen molar-refractivity contribution >= 4 is 29.0 Å². The van der Waals surface area contributed by atoms with Crippen molar-refractivity contribution in [1.82, 2.24) is 4.90 Å². The third-order valence-corrected chi connectivity index (χ3v) is 5.48. The molecule has 4 rings (SSSR count). The van der Waals surface area contributed by atoms with E-state index in [-0.39, 0.29) is 23.5 Å². The highest BCUT2D eigenvalue weighted by molar-refractivity contribution is 8.18. The monoisotopic (exact) mass is 419 g/mol. The molecule has 2 amide bonds. The molecule has 3 aromatic rings. The molecule has 0 aliphatic carbocycles. The molecule has 0 bridgehead atoms. The standard InChI is InChI=1S/C24H18FNO3S/c25-20-12-10-17(11-13-20)15-26-23(27)22(30-24(26)28)14-19-8-4-5-9-21(19)29-16-18-6-2-1-3-7-18/h1-14H,15-16H2/b22-14-. The Balaban J connectivity index is 1.51. The Morgan fingerprint density at radius 2 is 1.57 bits per heavy atom. The van der Waals surface area contributed by atoms with Gasteiger partial charge < -0.3 is 4.74 Å². The van der Waals surface area contributed by atoms with E-state index in [9.17, 15) is 14.0 Å². The molecule has 1 saturated heterocycles. The van der Waals surface area contributed by atoms with Crippen molar-refractivity contribution < 1.29 is 18.7 Å². The van der Waals surface area contributed by atoms with Crippen LogP contribution in [0.1, 0.15) is 16.7 Å². The van der Waals surface area contributed by atoms with E-state index in [4.69, 9.17) is 4.74 Å². The number of carbonyl (C=O) groups is 2. The smallest absolute Gasteiger partial charge is 0.293 e. The van der Waals surface area contributed by atoms with E-state index < -0.39 is 0 Å². The second-order valence-electron chi connectivity index (χ2n) is 6.71. The van der Waals surface area contributed by atoms with Gasteiger partial charge in [-0.1, -0.05) is 60.7 Å². The molecule has 1 aliphatic heterocycles. The molecular weight excluding hydrogens is 401 g/mol. The zero-order chi connectivity index (χ0) is 20.9. The average Bonchev–Trinajstić information content (AvgIpc) is 3.03. The second-order valence-corrected chi connectivity index (χ2v) is 7.70. The van der Waals surface area contributed by atoms with Gasteiger partial charge in [0.25, 0.3) is 11.1 Å². The number of rotatable bonds is 6. The fourth-order valence-corrected chi connectivity index (χ4v) is 3.85. The first-order valence-corrected chi connectivity index (χ1v) is 10.2. The normalized spacial score (nSPS) is 15.1. The summed E-state index contributed by atoms with van der Waals surface area (Å²) in [5, 5.41) is -0.349. The van der Waals surface area contributed by atoms with Gasteiger partial charge >= 0.3 is 0 Å². The van der Waals surface area contributed by atoms with Crippen LogP contribution in [0.2, 0.25) is 0 Å². The van der Waals surface area contributed by atoms with Gasteiger partial charge in [-0.25, -0.2) is 4.39 Å². The van der Waals surface area contributed by atoms with Crippen LogP contribution < -0.4 is 4.74 Å². The van der Waals surface area contributed by atoms with Crippen LogP contribution in [0.15, 0.2) is 83.8 Å². The molecule has 0 atom stereocenters. The average molecular weight is 419 g/mol. The Bertz CT molecular complexity index is 1100. The second kappa shape index (κ2) is 8.97. The number of halogens is 1. The van der Waals surface area contributed by atoms with Crippen LogP contribution in [0.4, 0.5) is 9.18 Å². The number of carbonyl (C=O) groups excluding carboxylic acids is 2. The molecule has 4 nitrogen and oxygen atoms in total. The summed E-state index contributed by atoms with van der Waals surface area (Å²) in [6.07, 6.45) is 1.68. The number of hydrogen-bond acceptors (Lipinski definition) is 4. The van der Waals surface area contributed by atoms with Crippen LogP contribution >= 0.6 is 11.8 Å². The maximum atomic E-state index is 13.1. The van der Waals surface area contributed by atoms with E-state index >= 15 is 0 Å². The predicted octanol–water partition coefficient (Wildman–Crippen LogP) is 5.64. The molecule has 150 valence electrons. The summed E-state index contributed by atoms with van der Waals surface area (Å²) < 4.78 is 19.0. The number of hydrogen-bond donors (Lipinski definition) is 0. The third-order valence-electron chi connectivity index (χ3n) is 4.57. The zero-order valence-electron chi connectivity index (χ0n) is 16.0. The lowest BCUT2D eigenvalue weighted by Crippen LogP contribution is -2.27. The fraction of sp³-hybridized carbons (Fsp3) is 0.0833. The minimum absolute atomic E-state index is 0.106. The Hall–Kier alpha value is -3.38. The molecule has 0 radical (unpaired) electrons. The minimum atomic E-state index is -0.368. The molecule has 1 fully saturated rings. The SMILES string of the molecule is O=C1S/C(=C\c2ccccc2OCc2ccccc2)C(=O)N1Cc1ccc(F)cc1. The topological polar surface area (TPSA) is 46.6 Å². The third kappa shape index (κ3) is 4.60. The Kier molecular flexibility index (Phi) is 5.95. The Morgan fingerprint density at radius 3 is 2.33 bits per heavy atom. The van der Waals surface area contributed by atoms with Crippen molar-refractivity contribution in [3.63, 3.8) is 0 Å². The van der Waals surface area contributed by atoms with Gasteiger partial charge in [0.15, 0.2) is 0 Å². The van der Waals surface area contributed by atoms with E-state index in [1.54, 1.807) is 18.2 Å². The van der Waals surface area contributed by atoms with Crippen LogP contribution in [0.25, 0.3) is 6.08 Å². The van der Waals surface area contributed by atoms with Gasteiger partial charge in [-0.2, -0.15) is 0 Å². The maximum absolute atomic E-state index is 13.1. The van der Waals surface area contributed by atoms with E-state index in [0.29, 0.717) is 22.8 Å². The largest absolute Gasteiger partial charge is 0.488 e. The molecule has 0 saturated carbocycles. The van der Waals surface area contributed by atoms with Crippen LogP contribution in [0, 0.1) is 5.82 Å². The van der Waals surface area contributed by atoms with Crippen LogP contribution in [-0.4, -0.2) is 16.0 Å². The highest BCUT2D eigenvalue weighted by atomic mass is 32.2. The maximum Gasteiger partial charge on any atom is 0.293 e. The molecular formula is C24H18FNO3S. The first-order chi connectivity index (χ1) is 14.6. The van der Waals surface area contributed by atoms with Crippen molar-refractivity contribution in [2.45, 2.75) is 13.2 Å². The van der Waals surface area contributed by atoms with Gasteiger partial charge in [-0.3, -0.25) is 14.5 Å². The van der Waals surface area contributed by atoms with E-state index in [1.807, 2.05) is 54.6 Å². The number of ether oxygens (including phenoxy) is 1. The molecule has 30 heavy (non-hydrogen) atoms. The number of thioether (sulfide) groups is 1. The number of benzene rings is 3. The van der Waals surface area contributed by atoms with Crippen molar-refractivity contribution in [2.24, 2.45) is 0 Å². The van der Waals surface area contributed by atoms with Gasteiger partial charge in [0.05, 0.1) is 11.4 Å². The summed E-state index contributed by atoms with van der Waals surface area (Å²) in [5.74, 6) is -0.0984. The van der Waals surface area contributed by atoms with Crippen molar-refractivity contribution in [3.8, 4) is 5.75 Å². The Morgan fingerprint density at radius 1 is 0.867 bits per heavy atom. The number of imide groups is 1. The number of amides is 2. The Labute approximate surface area is 178 Å². The summed E-state index contributed by atoms with van der Waals surface area (Å²) in [7, 11) is 0. The zero-order valence-corrected chi connectivity index (χ0v) is 16.8. The molecule has 3 aromatic carbocycles. The molecule has 1 aliphatic rings. The summed E-state index contributed by atoms with van der Waals surface area (Å²) >= 11 is 0.891. The van der Waals surface area contributed by atoms with Crippen molar-refractivity contribution in [1.29, 1.82) is 0 Å². The summed E-state index contributed by atoms with van der Waals surface area (Å²) in [6.45, 7) is 0.506. The quantitative estimate of drug-likeness (QED) is 0.485. The lowest BCUT2D eigenvalue weighted by atomic mass is 10.1. The lowest BCUT2D eigenvalue weighted by molar-refractivity contribution is -0.123. The van der Waals surface area contributed by atoms with Gasteiger partial charge in [0.1, 0.15) is 18.2 Å². The van der Waals surface area contributed by atoms with Gasteiger partial charge in [0.2, 0.25) is 0 Å². The number of para-hydroxylation sites is 1. The van der Waals surface area contributed by atoms with E-state index in [2.05, 4.69) is 0 Å². The first-order valence-electron chi connectivity index (χ1n) is 9.36. The minimum Gasteiger partial charge on any atom is -0.488 e. The highest BCUT2D eigenvalue weighted by Crippen LogP contribution is 2.35. The molecule has 6 heteroatoms. The highest BCUT2D eigenvalue weighted by Gasteiger charge is 2.35. The number of nitrogens with zero attached hydrogens (tertiary/aromatic N) is 1. The molecule has 0 spiro atoms. The fourth-order valence-electron chi connectivity index (χ4n) is 3.02. The van der Waals surface area contributed by atoms with Crippen molar-refractivity contribution in [3.05, 3.63) is 106 Å². The van der Waals surface area contributed by atoms with Crippen LogP contribution in [-0.2, 0) is 17.9 Å². The summed E-state index contributed by atoms with van der Waals surface area (Å²) in [4.78, 5) is 26.7. The van der Waals surface area contributed by atoms with Gasteiger partial charge in [-0.15, -0.1) is 0 Å². The summed E-state index contributed by atoms with van der Waals surface area (Å²) in [6, 6.07) is 22.9. The molecule has 1 heterocycles. The molecule has 0 N–H and O–H groups in total. The summed E-state index contributed by atoms with van der Waals surface area (Å²) in [5.41, 5.74) is 2.44. The van der Waals surface area contributed by atoms with Crippen LogP contribution in [0.3, 0.4) is 0 Å². The van der Waals surface area contributed by atoms with Gasteiger partial charge in [0, 0.05) is 5.56 Å². The molecule has 0 aromatic heterocycles. The lowest BCUT2D eigenvalue weighted by Gasteiger charge is -2.12. The van der Waals surface area contributed by atoms with Crippen molar-refractivity contribution in [2.75, 3.05) is 0 Å². The first kappa shape index (κ1) is 19.9. The van der Waals surface area contributed by atoms with E-state index in [0.717, 1.165) is 27.8 Å². The van der Waals surface area contributed by atoms with E-state index in [1.165, 1.54) is 12.1 Å².